The molecule has 4 nitrogen and oxygen atoms in total. The molecular weight excluding hydrogens is 212 g/mol. The lowest BCUT2D eigenvalue weighted by atomic mass is 10.1. The van der Waals surface area contributed by atoms with E-state index in [0.717, 1.165) is 19.4 Å². The Hall–Kier alpha value is -0.130. The van der Waals surface area contributed by atoms with Crippen LogP contribution in [0.4, 0.5) is 0 Å². The number of rotatable bonds is 6. The molecule has 1 saturated heterocycles. The third-order valence-corrected chi connectivity index (χ3v) is 3.44. The Balaban J connectivity index is 1.96. The van der Waals surface area contributed by atoms with Crippen molar-refractivity contribution in [2.24, 2.45) is 0 Å². The Bertz CT molecular complexity index is 259. The molecule has 0 amide bonds. The third kappa shape index (κ3) is 6.87. The lowest BCUT2D eigenvalue weighted by Crippen LogP contribution is -2.31. The van der Waals surface area contributed by atoms with Crippen molar-refractivity contribution in [3.05, 3.63) is 0 Å². The maximum absolute atomic E-state index is 10.8. The molecule has 1 fully saturated rings. The van der Waals surface area contributed by atoms with E-state index in [4.69, 9.17) is 0 Å². The maximum atomic E-state index is 10.8. The van der Waals surface area contributed by atoms with Gasteiger partial charge >= 0.3 is 0 Å². The van der Waals surface area contributed by atoms with E-state index >= 15 is 0 Å². The summed E-state index contributed by atoms with van der Waals surface area (Å²) >= 11 is 0. The summed E-state index contributed by atoms with van der Waals surface area (Å²) < 4.78 is 24.1. The number of unbranched alkanes of at least 4 members (excludes halogenated alkanes) is 1. The second-order valence-corrected chi connectivity index (χ2v) is 6.11. The predicted molar refractivity (Wildman–Crippen MR) is 62.4 cm³/mol. The van der Waals surface area contributed by atoms with Crippen LogP contribution in [0.5, 0.6) is 0 Å². The molecule has 0 aromatic heterocycles. The van der Waals surface area contributed by atoms with Crippen LogP contribution in [0.25, 0.3) is 0 Å². The van der Waals surface area contributed by atoms with Crippen LogP contribution < -0.4 is 4.72 Å². The van der Waals surface area contributed by atoms with Gasteiger partial charge in [0.15, 0.2) is 0 Å². The minimum Gasteiger partial charge on any atom is -0.303 e. The van der Waals surface area contributed by atoms with Crippen molar-refractivity contribution in [3.63, 3.8) is 0 Å². The summed E-state index contributed by atoms with van der Waals surface area (Å²) in [5.41, 5.74) is 0. The summed E-state index contributed by atoms with van der Waals surface area (Å²) in [6, 6.07) is 0. The first-order valence-corrected chi connectivity index (χ1v) is 7.64. The van der Waals surface area contributed by atoms with Crippen molar-refractivity contribution in [2.75, 3.05) is 32.4 Å². The van der Waals surface area contributed by atoms with E-state index in [9.17, 15) is 8.42 Å². The van der Waals surface area contributed by atoms with E-state index in [1.54, 1.807) is 0 Å². The van der Waals surface area contributed by atoms with Crippen LogP contribution in [0.2, 0.25) is 0 Å². The Morgan fingerprint density at radius 2 is 1.80 bits per heavy atom. The molecule has 0 radical (unpaired) electrons. The molecule has 0 aliphatic carbocycles. The van der Waals surface area contributed by atoms with Crippen LogP contribution in [-0.4, -0.2) is 45.8 Å². The fourth-order valence-corrected chi connectivity index (χ4v) is 2.42. The molecule has 1 N–H and O–H groups in total. The topological polar surface area (TPSA) is 49.4 Å². The van der Waals surface area contributed by atoms with E-state index in [1.165, 1.54) is 38.6 Å². The quantitative estimate of drug-likeness (QED) is 0.692. The van der Waals surface area contributed by atoms with Gasteiger partial charge in [0.1, 0.15) is 0 Å². The highest BCUT2D eigenvalue weighted by Crippen LogP contribution is 2.09. The number of nitrogens with zero attached hydrogens (tertiary/aromatic N) is 1. The Labute approximate surface area is 93.1 Å². The summed E-state index contributed by atoms with van der Waals surface area (Å²) in [5.74, 6) is 0. The Kier molecular flexibility index (Phi) is 5.56. The summed E-state index contributed by atoms with van der Waals surface area (Å²) in [6.07, 6.45) is 7.24. The molecule has 1 rings (SSSR count). The van der Waals surface area contributed by atoms with Gasteiger partial charge in [-0.05, 0) is 45.3 Å². The maximum Gasteiger partial charge on any atom is 0.208 e. The molecule has 0 atom stereocenters. The molecule has 0 aromatic carbocycles. The van der Waals surface area contributed by atoms with Gasteiger partial charge in [-0.3, -0.25) is 0 Å². The molecule has 0 bridgehead atoms. The first-order valence-electron chi connectivity index (χ1n) is 5.75. The monoisotopic (exact) mass is 234 g/mol. The zero-order chi connectivity index (χ0) is 11.1. The summed E-state index contributed by atoms with van der Waals surface area (Å²) in [7, 11) is -2.99. The number of likely N-dealkylation sites (tertiary alicyclic amines) is 1. The van der Waals surface area contributed by atoms with Crippen LogP contribution in [0, 0.1) is 0 Å². The van der Waals surface area contributed by atoms with Crippen molar-refractivity contribution in [2.45, 2.75) is 32.1 Å². The molecule has 15 heavy (non-hydrogen) atoms. The van der Waals surface area contributed by atoms with Crippen LogP contribution in [0.1, 0.15) is 32.1 Å². The van der Waals surface area contributed by atoms with Gasteiger partial charge < -0.3 is 4.90 Å². The van der Waals surface area contributed by atoms with Crippen LogP contribution in [-0.2, 0) is 10.0 Å². The molecule has 1 aliphatic heterocycles. The average molecular weight is 234 g/mol. The second-order valence-electron chi connectivity index (χ2n) is 4.28. The van der Waals surface area contributed by atoms with Crippen molar-refractivity contribution >= 4 is 10.0 Å². The summed E-state index contributed by atoms with van der Waals surface area (Å²) in [5, 5.41) is 0. The highest BCUT2D eigenvalue weighted by molar-refractivity contribution is 7.88. The number of nitrogens with one attached hydrogen (secondary N) is 1. The van der Waals surface area contributed by atoms with Gasteiger partial charge in [-0.1, -0.05) is 6.42 Å². The van der Waals surface area contributed by atoms with Gasteiger partial charge in [0, 0.05) is 6.54 Å². The molecule has 0 spiro atoms. The van der Waals surface area contributed by atoms with Crippen LogP contribution >= 0.6 is 0 Å². The molecular formula is C10H22N2O2S. The van der Waals surface area contributed by atoms with E-state index < -0.39 is 10.0 Å². The highest BCUT2D eigenvalue weighted by Gasteiger charge is 2.08. The van der Waals surface area contributed by atoms with Crippen molar-refractivity contribution < 1.29 is 8.42 Å². The average Bonchev–Trinajstić information content (AvgIpc) is 2.17. The normalized spacial score (nSPS) is 19.3. The molecule has 1 aliphatic rings. The Morgan fingerprint density at radius 1 is 1.13 bits per heavy atom. The zero-order valence-electron chi connectivity index (χ0n) is 9.54. The van der Waals surface area contributed by atoms with E-state index in [0.29, 0.717) is 6.54 Å². The second kappa shape index (κ2) is 6.45. The number of piperidine rings is 1. The molecule has 5 heteroatoms. The van der Waals surface area contributed by atoms with Gasteiger partial charge in [0.25, 0.3) is 0 Å². The molecule has 0 unspecified atom stereocenters. The molecule has 0 saturated carbocycles. The molecule has 0 aromatic rings. The highest BCUT2D eigenvalue weighted by atomic mass is 32.2. The first kappa shape index (κ1) is 12.9. The largest absolute Gasteiger partial charge is 0.303 e. The minimum absolute atomic E-state index is 0.576. The summed E-state index contributed by atoms with van der Waals surface area (Å²) in [4.78, 5) is 2.48. The smallest absolute Gasteiger partial charge is 0.208 e. The SMILES string of the molecule is CS(=O)(=O)NCCCCN1CCCCC1. The number of sulfonamides is 1. The number of hydrogen-bond acceptors (Lipinski definition) is 3. The van der Waals surface area contributed by atoms with Crippen LogP contribution in [0.15, 0.2) is 0 Å². The van der Waals surface area contributed by atoms with Crippen molar-refractivity contribution in [3.8, 4) is 0 Å². The summed E-state index contributed by atoms with van der Waals surface area (Å²) in [6.45, 7) is 4.14. The fraction of sp³-hybridized carbons (Fsp3) is 1.00. The van der Waals surface area contributed by atoms with E-state index in [-0.39, 0.29) is 0 Å². The zero-order valence-corrected chi connectivity index (χ0v) is 10.4. The van der Waals surface area contributed by atoms with Gasteiger partial charge in [0.2, 0.25) is 10.0 Å². The van der Waals surface area contributed by atoms with Gasteiger partial charge in [-0.15, -0.1) is 0 Å². The third-order valence-electron chi connectivity index (χ3n) is 2.71. The standard InChI is InChI=1S/C10H22N2O2S/c1-15(13,14)11-7-3-6-10-12-8-4-2-5-9-12/h11H,2-10H2,1H3. The van der Waals surface area contributed by atoms with E-state index in [1.807, 2.05) is 0 Å². The lowest BCUT2D eigenvalue weighted by Gasteiger charge is -2.26. The molecule has 1 heterocycles. The van der Waals surface area contributed by atoms with Gasteiger partial charge in [-0.25, -0.2) is 13.1 Å². The number of hydrogen-bond donors (Lipinski definition) is 1. The Morgan fingerprint density at radius 3 is 2.40 bits per heavy atom. The van der Waals surface area contributed by atoms with Gasteiger partial charge in [-0.2, -0.15) is 0 Å². The first-order chi connectivity index (χ1) is 7.08. The van der Waals surface area contributed by atoms with Crippen LogP contribution in [0.3, 0.4) is 0 Å². The fourth-order valence-electron chi connectivity index (χ4n) is 1.90. The van der Waals surface area contributed by atoms with Gasteiger partial charge in [0.05, 0.1) is 6.26 Å². The van der Waals surface area contributed by atoms with Crippen molar-refractivity contribution in [1.29, 1.82) is 0 Å². The van der Waals surface area contributed by atoms with E-state index in [2.05, 4.69) is 9.62 Å². The lowest BCUT2D eigenvalue weighted by molar-refractivity contribution is 0.225. The molecule has 90 valence electrons. The predicted octanol–water partition coefficient (Wildman–Crippen LogP) is 0.802. The van der Waals surface area contributed by atoms with Crippen molar-refractivity contribution in [1.82, 2.24) is 9.62 Å². The minimum atomic E-state index is -2.99.